The van der Waals surface area contributed by atoms with Crippen LogP contribution >= 0.6 is 0 Å². The minimum Gasteiger partial charge on any atom is -0.480 e. The molecule has 1 unspecified atom stereocenters. The number of fused-ring (bicyclic) bond motifs is 1. The molecule has 108 valence electrons. The van der Waals surface area contributed by atoms with E-state index in [1.54, 1.807) is 0 Å². The van der Waals surface area contributed by atoms with Crippen LogP contribution in [0.3, 0.4) is 0 Å². The third-order valence-electron chi connectivity index (χ3n) is 4.29. The Bertz CT molecular complexity index is 403. The maximum Gasteiger partial charge on any atom is 0.407 e. The summed E-state index contributed by atoms with van der Waals surface area (Å²) in [5, 5.41) is 11.2. The topological polar surface area (TPSA) is 75.6 Å². The van der Waals surface area contributed by atoms with E-state index >= 15 is 0 Å². The van der Waals surface area contributed by atoms with Crippen LogP contribution in [0.5, 0.6) is 0 Å². The first-order valence-corrected chi connectivity index (χ1v) is 5.84. The summed E-state index contributed by atoms with van der Waals surface area (Å²) in [6.07, 6.45) is -5.60. The number of carboxylic acid groups (broad SMARTS) is 1. The van der Waals surface area contributed by atoms with E-state index in [1.165, 1.54) is 0 Å². The molecular formula is C11H14F3NO4. The molecule has 0 saturated heterocycles. The zero-order valence-corrected chi connectivity index (χ0v) is 10.2. The number of hydrogen-bond donors (Lipinski definition) is 2. The number of carboxylic acids is 1. The Kier molecular flexibility index (Phi) is 3.14. The average Bonchev–Trinajstić information content (AvgIpc) is 2.78. The van der Waals surface area contributed by atoms with Crippen molar-refractivity contribution in [2.75, 3.05) is 7.11 Å². The van der Waals surface area contributed by atoms with Crippen molar-refractivity contribution in [2.24, 2.45) is 17.3 Å². The number of halogens is 3. The highest BCUT2D eigenvalue weighted by Crippen LogP contribution is 2.68. The van der Waals surface area contributed by atoms with Gasteiger partial charge in [0.2, 0.25) is 0 Å². The molecule has 3 aliphatic rings. The van der Waals surface area contributed by atoms with Gasteiger partial charge in [-0.05, 0) is 31.1 Å². The molecular weight excluding hydrogens is 267 g/mol. The monoisotopic (exact) mass is 281 g/mol. The number of nitrogens with one attached hydrogen (secondary N) is 1. The fraction of sp³-hybridized carbons (Fsp3) is 0.818. The van der Waals surface area contributed by atoms with Gasteiger partial charge in [0, 0.05) is 0 Å². The molecule has 0 aromatic carbocycles. The first-order valence-electron chi connectivity index (χ1n) is 5.84. The molecule has 3 rings (SSSR count). The molecule has 2 N–H and O–H groups in total. The normalized spacial score (nSPS) is 34.3. The fourth-order valence-corrected chi connectivity index (χ4v) is 3.31. The van der Waals surface area contributed by atoms with Gasteiger partial charge in [-0.2, -0.15) is 13.2 Å². The molecule has 0 radical (unpaired) electrons. The van der Waals surface area contributed by atoms with Crippen molar-refractivity contribution in [2.45, 2.75) is 31.5 Å². The Balaban J connectivity index is 2.10. The molecule has 3 fully saturated rings. The molecule has 0 heterocycles. The molecule has 0 aliphatic heterocycles. The van der Waals surface area contributed by atoms with Crippen molar-refractivity contribution in [1.29, 1.82) is 0 Å². The number of amides is 1. The predicted octanol–water partition coefficient (Wildman–Crippen LogP) is 1.77. The number of carbonyl (C=O) groups is 2. The number of methoxy groups -OCH3 is 1. The van der Waals surface area contributed by atoms with E-state index in [0.29, 0.717) is 0 Å². The lowest BCUT2D eigenvalue weighted by molar-refractivity contribution is -0.244. The van der Waals surface area contributed by atoms with Crippen LogP contribution in [0.2, 0.25) is 0 Å². The van der Waals surface area contributed by atoms with Crippen molar-refractivity contribution in [1.82, 2.24) is 5.32 Å². The molecule has 0 aromatic heterocycles. The van der Waals surface area contributed by atoms with E-state index in [0.717, 1.165) is 7.11 Å². The van der Waals surface area contributed by atoms with E-state index in [4.69, 9.17) is 5.11 Å². The predicted molar refractivity (Wildman–Crippen MR) is 56.3 cm³/mol. The van der Waals surface area contributed by atoms with Gasteiger partial charge in [0.15, 0.2) is 0 Å². The number of carbonyl (C=O) groups excluding carboxylic acids is 1. The molecule has 0 spiro atoms. The summed E-state index contributed by atoms with van der Waals surface area (Å²) in [5.74, 6) is -2.33. The largest absolute Gasteiger partial charge is 0.480 e. The summed E-state index contributed by atoms with van der Waals surface area (Å²) in [6.45, 7) is 0. The molecule has 19 heavy (non-hydrogen) atoms. The van der Waals surface area contributed by atoms with Gasteiger partial charge >= 0.3 is 18.2 Å². The van der Waals surface area contributed by atoms with Gasteiger partial charge in [-0.1, -0.05) is 0 Å². The lowest BCUT2D eigenvalue weighted by atomic mass is 9.68. The number of ether oxygens (including phenoxy) is 1. The number of aliphatic carboxylic acids is 1. The smallest absolute Gasteiger partial charge is 0.407 e. The van der Waals surface area contributed by atoms with Gasteiger partial charge in [-0.15, -0.1) is 0 Å². The highest BCUT2D eigenvalue weighted by Gasteiger charge is 2.70. The second-order valence-corrected chi connectivity index (χ2v) is 5.27. The fourth-order valence-electron chi connectivity index (χ4n) is 3.31. The lowest BCUT2D eigenvalue weighted by Gasteiger charge is -2.40. The Morgan fingerprint density at radius 1 is 1.37 bits per heavy atom. The summed E-state index contributed by atoms with van der Waals surface area (Å²) < 4.78 is 43.0. The van der Waals surface area contributed by atoms with E-state index < -0.39 is 35.6 Å². The second kappa shape index (κ2) is 4.28. The third kappa shape index (κ3) is 2.12. The van der Waals surface area contributed by atoms with Crippen LogP contribution in [0.15, 0.2) is 0 Å². The lowest BCUT2D eigenvalue weighted by Crippen LogP contribution is -2.46. The van der Waals surface area contributed by atoms with E-state index in [9.17, 15) is 22.8 Å². The first-order chi connectivity index (χ1) is 8.70. The standard InChI is InChI=1S/C11H14F3NO4/c1-19-9(18)15-7(8(16)17)6-4-10(11(12,13)14)2-5(6)3-10/h5-7H,2-4H2,1H3,(H,15,18)(H,16,17)/t5?,6?,7-,10?/m0/s1. The summed E-state index contributed by atoms with van der Waals surface area (Å²) in [6, 6.07) is -1.33. The SMILES string of the molecule is COC(=O)N[C@H](C(=O)O)C1CC2(C(F)(F)F)CC1C2. The number of alkyl carbamates (subject to hydrolysis) is 1. The highest BCUT2D eigenvalue weighted by atomic mass is 19.4. The molecule has 5 nitrogen and oxygen atoms in total. The van der Waals surface area contributed by atoms with Crippen molar-refractivity contribution in [3.63, 3.8) is 0 Å². The van der Waals surface area contributed by atoms with E-state index in [2.05, 4.69) is 10.1 Å². The third-order valence-corrected chi connectivity index (χ3v) is 4.29. The Labute approximate surface area is 107 Å². The Hall–Kier alpha value is -1.47. The van der Waals surface area contributed by atoms with Gasteiger partial charge < -0.3 is 15.2 Å². The van der Waals surface area contributed by atoms with Crippen LogP contribution < -0.4 is 5.32 Å². The summed E-state index contributed by atoms with van der Waals surface area (Å²) in [7, 11) is 1.07. The summed E-state index contributed by atoms with van der Waals surface area (Å²) in [5.41, 5.74) is -1.76. The first kappa shape index (κ1) is 14.0. The summed E-state index contributed by atoms with van der Waals surface area (Å²) in [4.78, 5) is 22.2. The minimum atomic E-state index is -4.31. The molecule has 0 aromatic rings. The van der Waals surface area contributed by atoms with Crippen molar-refractivity contribution < 1.29 is 32.6 Å². The van der Waals surface area contributed by atoms with Crippen LogP contribution in [0, 0.1) is 17.3 Å². The van der Waals surface area contributed by atoms with Crippen LogP contribution in [-0.4, -0.2) is 36.5 Å². The van der Waals surface area contributed by atoms with Gasteiger partial charge in [-0.3, -0.25) is 0 Å². The van der Waals surface area contributed by atoms with Crippen molar-refractivity contribution in [3.05, 3.63) is 0 Å². The molecule has 3 aliphatic carbocycles. The highest BCUT2D eigenvalue weighted by molar-refractivity contribution is 5.80. The van der Waals surface area contributed by atoms with Gasteiger partial charge in [0.05, 0.1) is 12.5 Å². The van der Waals surface area contributed by atoms with Crippen LogP contribution in [0.1, 0.15) is 19.3 Å². The second-order valence-electron chi connectivity index (χ2n) is 5.27. The Morgan fingerprint density at radius 2 is 1.95 bits per heavy atom. The molecule has 2 atom stereocenters. The van der Waals surface area contributed by atoms with Crippen molar-refractivity contribution >= 4 is 12.1 Å². The number of alkyl halides is 3. The molecule has 3 saturated carbocycles. The zero-order valence-electron chi connectivity index (χ0n) is 10.2. The summed E-state index contributed by atoms with van der Waals surface area (Å²) >= 11 is 0. The minimum absolute atomic E-state index is 0.0478. The van der Waals surface area contributed by atoms with E-state index in [1.807, 2.05) is 0 Å². The van der Waals surface area contributed by atoms with Gasteiger partial charge in [0.25, 0.3) is 0 Å². The van der Waals surface area contributed by atoms with Gasteiger partial charge in [0.1, 0.15) is 6.04 Å². The number of hydrogen-bond acceptors (Lipinski definition) is 3. The Morgan fingerprint density at radius 3 is 2.32 bits per heavy atom. The quantitative estimate of drug-likeness (QED) is 0.826. The maximum absolute atomic E-state index is 12.9. The molecule has 1 amide bonds. The molecule has 2 bridgehead atoms. The van der Waals surface area contributed by atoms with E-state index in [-0.39, 0.29) is 25.2 Å². The molecule has 8 heteroatoms. The van der Waals surface area contributed by atoms with Crippen molar-refractivity contribution in [3.8, 4) is 0 Å². The van der Waals surface area contributed by atoms with Crippen LogP contribution in [0.4, 0.5) is 18.0 Å². The van der Waals surface area contributed by atoms with Gasteiger partial charge in [-0.25, -0.2) is 9.59 Å². The van der Waals surface area contributed by atoms with Crippen LogP contribution in [-0.2, 0) is 9.53 Å². The number of rotatable bonds is 3. The van der Waals surface area contributed by atoms with Crippen LogP contribution in [0.25, 0.3) is 0 Å². The maximum atomic E-state index is 12.9. The average molecular weight is 281 g/mol. The zero-order chi connectivity index (χ0) is 14.4.